The molecule has 0 unspecified atom stereocenters. The summed E-state index contributed by atoms with van der Waals surface area (Å²) in [6, 6.07) is 16.7. The van der Waals surface area contributed by atoms with Crippen LogP contribution in [0.5, 0.6) is 0 Å². The zero-order chi connectivity index (χ0) is 26.4. The zero-order valence-electron chi connectivity index (χ0n) is 20.8. The molecule has 0 spiro atoms. The monoisotopic (exact) mass is 550 g/mol. The van der Waals surface area contributed by atoms with Crippen molar-refractivity contribution in [1.82, 2.24) is 0 Å². The molecule has 0 radical (unpaired) electrons. The third-order valence-electron chi connectivity index (χ3n) is 11.8. The van der Waals surface area contributed by atoms with Crippen LogP contribution in [0.25, 0.3) is 0 Å². The summed E-state index contributed by atoms with van der Waals surface area (Å²) in [5.74, 6) is -2.14. The maximum absolute atomic E-state index is 14.5. The van der Waals surface area contributed by atoms with E-state index < -0.39 is 47.8 Å². The smallest absolute Gasteiger partial charge is 0.185 e. The molecule has 6 aliphatic carbocycles. The van der Waals surface area contributed by atoms with E-state index in [-0.39, 0.29) is 69.2 Å². The van der Waals surface area contributed by atoms with Crippen molar-refractivity contribution < 1.29 is 26.7 Å². The average molecular weight is 551 g/mol. The molecule has 6 fully saturated rings. The highest BCUT2D eigenvalue weighted by molar-refractivity contribution is 7.93. The van der Waals surface area contributed by atoms with Crippen LogP contribution in [0.2, 0.25) is 0 Å². The van der Waals surface area contributed by atoms with Crippen molar-refractivity contribution in [3.05, 3.63) is 73.3 Å². The van der Waals surface area contributed by atoms with Crippen molar-refractivity contribution >= 4 is 25.5 Å². The number of sulfone groups is 2. The lowest BCUT2D eigenvalue weighted by molar-refractivity contribution is -0.132. The highest BCUT2D eigenvalue weighted by Crippen LogP contribution is 2.87. The Labute approximate surface area is 223 Å². The number of hydrogen-bond donors (Lipinski definition) is 1. The van der Waals surface area contributed by atoms with Gasteiger partial charge in [0.05, 0.1) is 25.9 Å². The van der Waals surface area contributed by atoms with E-state index in [4.69, 9.17) is 0 Å². The minimum absolute atomic E-state index is 0.00544. The van der Waals surface area contributed by atoms with E-state index in [1.807, 2.05) is 0 Å². The lowest BCUT2D eigenvalue weighted by atomic mass is 9.63. The third kappa shape index (κ3) is 2.32. The number of aliphatic hydroxyl groups is 1. The Morgan fingerprint density at radius 3 is 2.16 bits per heavy atom. The number of rotatable bonds is 7. The maximum atomic E-state index is 14.5. The molecular weight excluding hydrogens is 520 g/mol. The molecule has 0 aromatic heterocycles. The molecule has 1 N–H and O–H groups in total. The van der Waals surface area contributed by atoms with Crippen molar-refractivity contribution in [2.75, 3.05) is 5.75 Å². The molecule has 2 aromatic rings. The molecular formula is C30H30O6S2. The normalized spacial score (nSPS) is 46.9. The van der Waals surface area contributed by atoms with Crippen LogP contribution >= 0.6 is 0 Å². The zero-order valence-corrected chi connectivity index (χ0v) is 22.4. The van der Waals surface area contributed by atoms with Gasteiger partial charge in [0, 0.05) is 17.8 Å². The number of carbonyl (C=O) groups is 1. The first-order valence-corrected chi connectivity index (χ1v) is 16.7. The van der Waals surface area contributed by atoms with Gasteiger partial charge in [-0.1, -0.05) is 42.5 Å². The maximum Gasteiger partial charge on any atom is 0.185 e. The molecule has 0 saturated heterocycles. The van der Waals surface area contributed by atoms with Gasteiger partial charge in [-0.05, 0) is 78.5 Å². The van der Waals surface area contributed by atoms with E-state index in [0.717, 1.165) is 0 Å². The summed E-state index contributed by atoms with van der Waals surface area (Å²) in [5, 5.41) is 12.4. The topological polar surface area (TPSA) is 106 Å². The SMILES string of the molecule is C=C[C@]1(O)[C@H]2[C@H](CCS(=O)(=O)c3ccccc3)[C@H]3C(=O)[C@H]4[C@H]5[C@H]6C[C@@]4(S(=O)(=O)c4ccccc4)[C@H]1[C@H]6[C@H]2[C@@H]35. The second-order valence-electron chi connectivity index (χ2n) is 12.5. The number of benzene rings is 2. The molecule has 8 rings (SSSR count). The van der Waals surface area contributed by atoms with Crippen molar-refractivity contribution in [3.8, 4) is 0 Å². The van der Waals surface area contributed by atoms with E-state index in [1.165, 1.54) is 0 Å². The Morgan fingerprint density at radius 2 is 1.53 bits per heavy atom. The number of ketones is 1. The van der Waals surface area contributed by atoms with Gasteiger partial charge >= 0.3 is 0 Å². The molecule has 6 nitrogen and oxygen atoms in total. The Kier molecular flexibility index (Phi) is 4.39. The largest absolute Gasteiger partial charge is 0.385 e. The molecule has 12 atom stereocenters. The molecule has 2 bridgehead atoms. The summed E-state index contributed by atoms with van der Waals surface area (Å²) >= 11 is 0. The summed E-state index contributed by atoms with van der Waals surface area (Å²) in [6.45, 7) is 4.01. The molecule has 0 heterocycles. The number of Topliss-reactive ketones (excluding diaryl/α,β-unsaturated/α-hetero) is 1. The summed E-state index contributed by atoms with van der Waals surface area (Å²) in [6.07, 6.45) is 2.25. The molecule has 38 heavy (non-hydrogen) atoms. The first kappa shape index (κ1) is 23.6. The standard InChI is InChI=1S/C30H30O6S2/c1-2-29(32)25-18(13-14-37(33,34)16-9-5-3-6-10-16)21-23-20-19-15-30(26(20)27(21)31,28(29)22(19)24(23)25)38(35,36)17-11-7-4-8-12-17/h2-12,18-26,28,32H,1,13-15H2/t18-,19-,20+,21-,22-,23-,24+,25+,26-,28+,29+,30+/m1/s1. The molecule has 2 aromatic carbocycles. The van der Waals surface area contributed by atoms with Gasteiger partial charge in [-0.3, -0.25) is 4.79 Å². The molecule has 8 heteroatoms. The lowest BCUT2D eigenvalue weighted by Crippen LogP contribution is -2.61. The van der Waals surface area contributed by atoms with Crippen LogP contribution in [-0.2, 0) is 24.5 Å². The highest BCUT2D eigenvalue weighted by Gasteiger charge is 2.92. The summed E-state index contributed by atoms with van der Waals surface area (Å²) < 4.78 is 54.0. The first-order valence-electron chi connectivity index (χ1n) is 13.6. The van der Waals surface area contributed by atoms with Crippen LogP contribution in [0.1, 0.15) is 12.8 Å². The summed E-state index contributed by atoms with van der Waals surface area (Å²) in [7, 11) is -7.49. The van der Waals surface area contributed by atoms with Crippen LogP contribution in [0.15, 0.2) is 83.1 Å². The minimum Gasteiger partial charge on any atom is -0.385 e. The Hall–Kier alpha value is -2.29. The van der Waals surface area contributed by atoms with Gasteiger partial charge in [0.1, 0.15) is 5.78 Å². The minimum atomic E-state index is -3.93. The van der Waals surface area contributed by atoms with Crippen LogP contribution in [0.4, 0.5) is 0 Å². The van der Waals surface area contributed by atoms with Crippen LogP contribution in [0.3, 0.4) is 0 Å². The lowest BCUT2D eigenvalue weighted by Gasteiger charge is -2.49. The van der Waals surface area contributed by atoms with E-state index >= 15 is 0 Å². The van der Waals surface area contributed by atoms with Crippen LogP contribution in [-0.4, -0.2) is 43.8 Å². The van der Waals surface area contributed by atoms with Gasteiger partial charge in [0.2, 0.25) is 0 Å². The second kappa shape index (κ2) is 7.07. The Morgan fingerprint density at radius 1 is 0.895 bits per heavy atom. The van der Waals surface area contributed by atoms with Gasteiger partial charge in [0.15, 0.2) is 19.7 Å². The van der Waals surface area contributed by atoms with Crippen LogP contribution in [0, 0.1) is 59.2 Å². The van der Waals surface area contributed by atoms with E-state index in [1.54, 1.807) is 66.7 Å². The predicted octanol–water partition coefficient (Wildman–Crippen LogP) is 3.18. The quantitative estimate of drug-likeness (QED) is 0.531. The van der Waals surface area contributed by atoms with Crippen LogP contribution < -0.4 is 0 Å². The fraction of sp³-hybridized carbons (Fsp3) is 0.500. The third-order valence-corrected chi connectivity index (χ3v) is 16.2. The van der Waals surface area contributed by atoms with Crippen molar-refractivity contribution in [1.29, 1.82) is 0 Å². The van der Waals surface area contributed by atoms with Gasteiger partial charge in [-0.15, -0.1) is 6.58 Å². The molecule has 6 aliphatic rings. The predicted molar refractivity (Wildman–Crippen MR) is 139 cm³/mol. The average Bonchev–Trinajstić information content (AvgIpc) is 3.70. The van der Waals surface area contributed by atoms with E-state index in [9.17, 15) is 26.7 Å². The molecule has 0 aliphatic heterocycles. The van der Waals surface area contributed by atoms with Gasteiger partial charge < -0.3 is 5.11 Å². The van der Waals surface area contributed by atoms with E-state index in [0.29, 0.717) is 6.42 Å². The van der Waals surface area contributed by atoms with Gasteiger partial charge in [-0.25, -0.2) is 16.8 Å². The Bertz CT molecular complexity index is 1600. The fourth-order valence-electron chi connectivity index (χ4n) is 11.3. The molecule has 0 amide bonds. The van der Waals surface area contributed by atoms with Gasteiger partial charge in [-0.2, -0.15) is 0 Å². The number of carbonyl (C=O) groups excluding carboxylic acids is 1. The fourth-order valence-corrected chi connectivity index (χ4v) is 15.3. The van der Waals surface area contributed by atoms with Crippen molar-refractivity contribution in [2.24, 2.45) is 59.2 Å². The Balaban J connectivity index is 1.26. The van der Waals surface area contributed by atoms with Crippen molar-refractivity contribution in [2.45, 2.75) is 33.0 Å². The van der Waals surface area contributed by atoms with Gasteiger partial charge in [0.25, 0.3) is 0 Å². The summed E-state index contributed by atoms with van der Waals surface area (Å²) in [4.78, 5) is 14.8. The van der Waals surface area contributed by atoms with E-state index in [2.05, 4.69) is 6.58 Å². The molecule has 6 saturated carbocycles. The summed E-state index contributed by atoms with van der Waals surface area (Å²) in [5.41, 5.74) is -1.45. The highest BCUT2D eigenvalue weighted by atomic mass is 32.2. The molecule has 198 valence electrons. The number of hydrogen-bond acceptors (Lipinski definition) is 6. The second-order valence-corrected chi connectivity index (χ2v) is 16.9. The van der Waals surface area contributed by atoms with Crippen molar-refractivity contribution in [3.63, 3.8) is 0 Å². The first-order chi connectivity index (χ1) is 18.1. The number of fused-ring (bicyclic) bond motifs is 3.